The summed E-state index contributed by atoms with van der Waals surface area (Å²) in [6, 6.07) is 4.12. The lowest BCUT2D eigenvalue weighted by Gasteiger charge is -2.34. The number of ketones is 1. The first-order valence-corrected chi connectivity index (χ1v) is 22.9. The number of ether oxygens (including phenoxy) is 5. The minimum Gasteiger partial charge on any atom is -0.497 e. The van der Waals surface area contributed by atoms with Gasteiger partial charge in [-0.3, -0.25) is 23.9 Å². The first kappa shape index (κ1) is 47.1. The Hall–Kier alpha value is -4.38. The number of Topliss-reactive ketones (excluding diaryl/α,β-unsaturated/α-hetero) is 1. The number of aromatic nitrogens is 1. The molecule has 1 aromatic heterocycles. The predicted molar refractivity (Wildman–Crippen MR) is 225 cm³/mol. The van der Waals surface area contributed by atoms with Crippen molar-refractivity contribution in [3.63, 3.8) is 0 Å². The number of amides is 2. The number of carbonyl (C=O) groups is 4. The molecule has 2 amide bonds. The lowest BCUT2D eigenvalue weighted by Crippen LogP contribution is -2.49. The number of nitrogens with zero attached hydrogens (tertiary/aromatic N) is 2. The number of hydrogen-bond acceptors (Lipinski definition) is 12. The third-order valence-electron chi connectivity index (χ3n) is 13.5. The van der Waals surface area contributed by atoms with Gasteiger partial charge >= 0.3 is 5.97 Å². The van der Waals surface area contributed by atoms with Crippen LogP contribution in [0.25, 0.3) is 10.8 Å². The van der Waals surface area contributed by atoms with Crippen molar-refractivity contribution in [2.75, 3.05) is 34.0 Å². The van der Waals surface area contributed by atoms with Crippen molar-refractivity contribution in [1.82, 2.24) is 14.6 Å². The molecule has 62 heavy (non-hydrogen) atoms. The topological polar surface area (TPSA) is 177 Å². The number of esters is 1. The zero-order chi connectivity index (χ0) is 45.4. The fraction of sp³-hybridized carbons (Fsp3) is 0.667. The number of sulfonamides is 1. The van der Waals surface area contributed by atoms with Crippen molar-refractivity contribution in [1.29, 1.82) is 0 Å². The van der Waals surface area contributed by atoms with E-state index in [1.54, 1.807) is 32.2 Å². The van der Waals surface area contributed by atoms with Crippen molar-refractivity contribution < 1.29 is 60.1 Å². The fourth-order valence-corrected chi connectivity index (χ4v) is 9.91. The molecule has 0 bridgehead atoms. The molecule has 3 heterocycles. The number of alkyl halides is 2. The maximum atomic E-state index is 15.0. The molecule has 342 valence electrons. The number of fused-ring (bicyclic) bond motifs is 3. The molecule has 0 spiro atoms. The van der Waals surface area contributed by atoms with Gasteiger partial charge in [-0.2, -0.15) is 0 Å². The molecule has 2 aliphatic carbocycles. The van der Waals surface area contributed by atoms with Crippen molar-refractivity contribution in [2.45, 2.75) is 128 Å². The van der Waals surface area contributed by atoms with Crippen LogP contribution in [0.15, 0.2) is 36.5 Å². The van der Waals surface area contributed by atoms with Crippen molar-refractivity contribution in [3.05, 3.63) is 36.5 Å². The molecule has 3 fully saturated rings. The second kappa shape index (κ2) is 18.0. The van der Waals surface area contributed by atoms with Gasteiger partial charge in [0, 0.05) is 37.6 Å². The molecule has 1 aromatic carbocycles. The van der Waals surface area contributed by atoms with E-state index >= 15 is 4.79 Å². The van der Waals surface area contributed by atoms with Crippen LogP contribution in [0.1, 0.15) is 99.3 Å². The molecule has 0 radical (unpaired) electrons. The van der Waals surface area contributed by atoms with Gasteiger partial charge in [0.1, 0.15) is 24.2 Å². The zero-order valence-corrected chi connectivity index (χ0v) is 37.8. The molecule has 7 atom stereocenters. The Kier molecular flexibility index (Phi) is 13.7. The molecule has 2 aromatic rings. The number of allylic oxidation sites excluding steroid dienone is 2. The molecule has 2 aliphatic heterocycles. The number of pyridine rings is 1. The smallest absolute Gasteiger partial charge is 0.307 e. The van der Waals surface area contributed by atoms with Gasteiger partial charge in [0.2, 0.25) is 27.7 Å². The number of hydrogen-bond donors (Lipinski definition) is 1. The van der Waals surface area contributed by atoms with Gasteiger partial charge in [0.25, 0.3) is 5.92 Å². The normalized spacial score (nSPS) is 28.5. The third kappa shape index (κ3) is 10.0. The van der Waals surface area contributed by atoms with Gasteiger partial charge < -0.3 is 28.6 Å². The van der Waals surface area contributed by atoms with Crippen LogP contribution in [0.3, 0.4) is 0 Å². The molecule has 17 heteroatoms. The Morgan fingerprint density at radius 3 is 2.44 bits per heavy atom. The molecular formula is C45H61F2N3O11S. The summed E-state index contributed by atoms with van der Waals surface area (Å²) in [7, 11) is -0.934. The number of methoxy groups -OCH3 is 2. The maximum Gasteiger partial charge on any atom is 0.307 e. The van der Waals surface area contributed by atoms with E-state index in [4.69, 9.17) is 23.7 Å². The molecule has 14 nitrogen and oxygen atoms in total. The number of carbonyl (C=O) groups excluding carboxylic acids is 4. The highest BCUT2D eigenvalue weighted by Crippen LogP contribution is 2.58. The Bertz CT molecular complexity index is 2170. The van der Waals surface area contributed by atoms with Crippen LogP contribution in [0.4, 0.5) is 8.78 Å². The van der Waals surface area contributed by atoms with Crippen LogP contribution in [-0.2, 0) is 38.7 Å². The van der Waals surface area contributed by atoms with Crippen LogP contribution in [0.2, 0.25) is 0 Å². The van der Waals surface area contributed by atoms with Crippen LogP contribution in [0.5, 0.6) is 17.4 Å². The van der Waals surface area contributed by atoms with Gasteiger partial charge in [0.15, 0.2) is 11.4 Å². The predicted octanol–water partition coefficient (Wildman–Crippen LogP) is 6.58. The first-order valence-electron chi connectivity index (χ1n) is 21.5. The molecular weight excluding hydrogens is 829 g/mol. The lowest BCUT2D eigenvalue weighted by atomic mass is 9.82. The Morgan fingerprint density at radius 1 is 1.05 bits per heavy atom. The maximum absolute atomic E-state index is 15.0. The van der Waals surface area contributed by atoms with Crippen LogP contribution < -0.4 is 18.9 Å². The highest BCUT2D eigenvalue weighted by molar-refractivity contribution is 7.91. The average molecular weight is 890 g/mol. The van der Waals surface area contributed by atoms with Crippen LogP contribution in [0, 0.1) is 29.1 Å². The minimum absolute atomic E-state index is 0.0123. The Labute approximate surface area is 362 Å². The SMILES string of the molecule is COCCOc1cnc(O[C@@H]2C[C@H]3C(=O)C[C@]4(C(=O)NS(=O)(=O)C5(C)CC5)C[C@H]4/C=C\CC[C@@H](C)C[C@@H](C)[C@H](CC(=O)OC(C)(C)C(C)(F)F)C(=O)N3C2)c2ccc(OC)cc12. The number of halogens is 2. The lowest BCUT2D eigenvalue weighted by molar-refractivity contribution is -0.197. The van der Waals surface area contributed by atoms with E-state index in [1.807, 2.05) is 26.0 Å². The van der Waals surface area contributed by atoms with E-state index in [0.29, 0.717) is 67.9 Å². The largest absolute Gasteiger partial charge is 0.497 e. The summed E-state index contributed by atoms with van der Waals surface area (Å²) in [5, 5.41) is 1.19. The quantitative estimate of drug-likeness (QED) is 0.123. The number of benzene rings is 1. The van der Waals surface area contributed by atoms with Crippen LogP contribution >= 0.6 is 0 Å². The van der Waals surface area contributed by atoms with E-state index in [-0.39, 0.29) is 44.2 Å². The molecule has 6 rings (SSSR count). The van der Waals surface area contributed by atoms with Gasteiger partial charge in [0.05, 0.1) is 55.0 Å². The number of rotatable bonds is 14. The van der Waals surface area contributed by atoms with Crippen molar-refractivity contribution >= 4 is 44.4 Å². The second-order valence-electron chi connectivity index (χ2n) is 18.7. The molecule has 2 saturated carbocycles. The molecule has 4 aliphatic rings. The monoisotopic (exact) mass is 889 g/mol. The highest BCUT2D eigenvalue weighted by atomic mass is 32.2. The van der Waals surface area contributed by atoms with E-state index in [1.165, 1.54) is 18.2 Å². The van der Waals surface area contributed by atoms with Gasteiger partial charge in [-0.1, -0.05) is 26.0 Å². The summed E-state index contributed by atoms with van der Waals surface area (Å²) in [6.07, 6.45) is 6.54. The van der Waals surface area contributed by atoms with E-state index < -0.39 is 91.6 Å². The summed E-state index contributed by atoms with van der Waals surface area (Å²) >= 11 is 0. The Balaban J connectivity index is 1.36. The van der Waals surface area contributed by atoms with Crippen LogP contribution in [-0.4, -0.2) is 104 Å². The zero-order valence-electron chi connectivity index (χ0n) is 37.0. The molecule has 1 N–H and O–H groups in total. The second-order valence-corrected chi connectivity index (χ2v) is 20.9. The third-order valence-corrected chi connectivity index (χ3v) is 15.6. The highest BCUT2D eigenvalue weighted by Gasteiger charge is 2.63. The van der Waals surface area contributed by atoms with Crippen molar-refractivity contribution in [3.8, 4) is 17.4 Å². The molecule has 0 unspecified atom stereocenters. The van der Waals surface area contributed by atoms with E-state index in [2.05, 4.69) is 9.71 Å². The number of nitrogens with one attached hydrogen (secondary N) is 1. The molecule has 1 saturated heterocycles. The summed E-state index contributed by atoms with van der Waals surface area (Å²) in [4.78, 5) is 63.3. The fourth-order valence-electron chi connectivity index (χ4n) is 8.58. The van der Waals surface area contributed by atoms with Crippen molar-refractivity contribution in [2.24, 2.45) is 29.1 Å². The van der Waals surface area contributed by atoms with Gasteiger partial charge in [-0.25, -0.2) is 22.2 Å². The van der Waals surface area contributed by atoms with E-state index in [0.717, 1.165) is 13.8 Å². The standard InChI is InChI=1S/C45H61F2N3O11S/c1-27-11-9-10-12-29-23-45(29,41(54)49-62(55,56)43(5)15-16-43)24-36(51)35-21-31(60-39-32-14-13-30(58-8)20-34(32)37(25-48-39)59-18-17-57-7)26-50(35)40(53)33(28(2)19-27)22-38(52)61-42(3,4)44(6,46)47/h10,12-14,20,25,27-29,31,33,35H,9,11,15-19,21-24,26H2,1-8H3,(H,49,54)/b12-10-/t27-,28-,29-,31-,33+,35+,45-/m1/s1. The summed E-state index contributed by atoms with van der Waals surface area (Å²) in [5.74, 6) is -6.80. The summed E-state index contributed by atoms with van der Waals surface area (Å²) in [6.45, 7) is 8.78. The van der Waals surface area contributed by atoms with Gasteiger partial charge in [-0.15, -0.1) is 0 Å². The first-order chi connectivity index (χ1) is 29.0. The summed E-state index contributed by atoms with van der Waals surface area (Å²) < 4.78 is 85.2. The van der Waals surface area contributed by atoms with Gasteiger partial charge in [-0.05, 0) is 95.2 Å². The minimum atomic E-state index is -4.03. The average Bonchev–Trinajstić information content (AvgIpc) is 4.08. The Morgan fingerprint density at radius 2 is 1.77 bits per heavy atom. The van der Waals surface area contributed by atoms with E-state index in [9.17, 15) is 31.6 Å². The summed E-state index contributed by atoms with van der Waals surface area (Å²) in [5.41, 5.74) is -3.53.